The Kier molecular flexibility index (Phi) is 8.18. The molecule has 1 rings (SSSR count). The van der Waals surface area contributed by atoms with Crippen LogP contribution in [0.2, 0.25) is 0 Å². The standard InChI is InChI=1S/C15H23O5PS/c1-5-18-21(17,19-6-2)22-14(15(16)20-12(3)4)13-10-8-7-9-11-13/h7-12,14H,5-6H2,1-4H3. The van der Waals surface area contributed by atoms with Crippen molar-refractivity contribution in [1.82, 2.24) is 0 Å². The minimum atomic E-state index is -3.42. The van der Waals surface area contributed by atoms with Gasteiger partial charge in [-0.3, -0.25) is 4.79 Å². The van der Waals surface area contributed by atoms with Crippen LogP contribution in [0.5, 0.6) is 0 Å². The van der Waals surface area contributed by atoms with Crippen molar-refractivity contribution in [3.05, 3.63) is 35.9 Å². The Hall–Kier alpha value is -0.810. The third kappa shape index (κ3) is 6.13. The summed E-state index contributed by atoms with van der Waals surface area (Å²) in [6, 6.07) is 9.07. The van der Waals surface area contributed by atoms with Gasteiger partial charge in [0.2, 0.25) is 0 Å². The molecule has 0 amide bonds. The first-order valence-corrected chi connectivity index (χ1v) is 10.3. The maximum Gasteiger partial charge on any atom is 0.390 e. The molecular weight excluding hydrogens is 323 g/mol. The third-order valence-electron chi connectivity index (χ3n) is 2.48. The Morgan fingerprint density at radius 3 is 2.14 bits per heavy atom. The summed E-state index contributed by atoms with van der Waals surface area (Å²) in [6.07, 6.45) is -0.252. The average molecular weight is 346 g/mol. The first-order valence-electron chi connectivity index (χ1n) is 7.24. The smallest absolute Gasteiger partial charge is 0.390 e. The van der Waals surface area contributed by atoms with Crippen LogP contribution in [0.15, 0.2) is 30.3 Å². The van der Waals surface area contributed by atoms with Gasteiger partial charge >= 0.3 is 12.8 Å². The second kappa shape index (κ2) is 9.36. The SMILES string of the molecule is CCOP(=O)(OCC)SC(C(=O)OC(C)C)c1ccccc1. The predicted octanol–water partition coefficient (Wildman–Crippen LogP) is 4.59. The van der Waals surface area contributed by atoms with Crippen molar-refractivity contribution in [3.63, 3.8) is 0 Å². The maximum atomic E-state index is 12.7. The van der Waals surface area contributed by atoms with Gasteiger partial charge < -0.3 is 13.8 Å². The Bertz CT molecular complexity index is 496. The molecule has 7 heteroatoms. The second-order valence-corrected chi connectivity index (χ2v) is 8.73. The molecule has 5 nitrogen and oxygen atoms in total. The first kappa shape index (κ1) is 19.2. The summed E-state index contributed by atoms with van der Waals surface area (Å²) in [5, 5.41) is -0.757. The van der Waals surface area contributed by atoms with E-state index in [4.69, 9.17) is 13.8 Å². The van der Waals surface area contributed by atoms with E-state index in [1.807, 2.05) is 18.2 Å². The molecular formula is C15H23O5PS. The minimum Gasteiger partial charge on any atom is -0.462 e. The van der Waals surface area contributed by atoms with Crippen molar-refractivity contribution in [3.8, 4) is 0 Å². The molecule has 0 fully saturated rings. The Labute approximate surface area is 136 Å². The number of carbonyl (C=O) groups excluding carboxylic acids is 1. The molecule has 0 aliphatic heterocycles. The molecule has 0 saturated carbocycles. The lowest BCUT2D eigenvalue weighted by molar-refractivity contribution is -0.146. The van der Waals surface area contributed by atoms with Gasteiger partial charge in [-0.15, -0.1) is 0 Å². The van der Waals surface area contributed by atoms with Crippen LogP contribution in [0.3, 0.4) is 0 Å². The Balaban J connectivity index is 3.04. The quantitative estimate of drug-likeness (QED) is 0.481. The molecule has 0 saturated heterocycles. The molecule has 0 aromatic heterocycles. The lowest BCUT2D eigenvalue weighted by Crippen LogP contribution is -2.18. The van der Waals surface area contributed by atoms with E-state index < -0.39 is 18.0 Å². The molecule has 0 radical (unpaired) electrons. The summed E-state index contributed by atoms with van der Waals surface area (Å²) in [6.45, 7) is 4.07. The van der Waals surface area contributed by atoms with Gasteiger partial charge in [-0.25, -0.2) is 4.57 Å². The van der Waals surface area contributed by atoms with E-state index in [2.05, 4.69) is 0 Å². The number of benzene rings is 1. The highest BCUT2D eigenvalue weighted by atomic mass is 32.7. The van der Waals surface area contributed by atoms with Crippen LogP contribution in [-0.4, -0.2) is 25.3 Å². The van der Waals surface area contributed by atoms with Crippen molar-refractivity contribution in [2.45, 2.75) is 39.0 Å². The molecule has 0 aliphatic rings. The van der Waals surface area contributed by atoms with E-state index >= 15 is 0 Å². The summed E-state index contributed by atoms with van der Waals surface area (Å²) in [7, 11) is 0. The molecule has 124 valence electrons. The molecule has 1 aromatic rings. The second-order valence-electron chi connectivity index (χ2n) is 4.66. The highest BCUT2D eigenvalue weighted by molar-refractivity contribution is 8.55. The van der Waals surface area contributed by atoms with E-state index in [9.17, 15) is 9.36 Å². The van der Waals surface area contributed by atoms with Crippen LogP contribution in [0.1, 0.15) is 38.5 Å². The first-order chi connectivity index (χ1) is 10.4. The largest absolute Gasteiger partial charge is 0.462 e. The molecule has 1 atom stereocenters. The van der Waals surface area contributed by atoms with Gasteiger partial charge in [0.05, 0.1) is 19.3 Å². The summed E-state index contributed by atoms with van der Waals surface area (Å²) < 4.78 is 28.5. The molecule has 0 bridgehead atoms. The van der Waals surface area contributed by atoms with E-state index in [1.54, 1.807) is 39.8 Å². The van der Waals surface area contributed by atoms with Gasteiger partial charge in [0.1, 0.15) is 5.25 Å². The Morgan fingerprint density at radius 1 is 1.14 bits per heavy atom. The lowest BCUT2D eigenvalue weighted by Gasteiger charge is -2.22. The predicted molar refractivity (Wildman–Crippen MR) is 88.9 cm³/mol. The summed E-state index contributed by atoms with van der Waals surface area (Å²) in [5.74, 6) is -0.453. The number of hydrogen-bond donors (Lipinski definition) is 0. The molecule has 0 aliphatic carbocycles. The highest BCUT2D eigenvalue weighted by Crippen LogP contribution is 2.65. The maximum absolute atomic E-state index is 12.7. The van der Waals surface area contributed by atoms with Crippen LogP contribution >= 0.6 is 18.2 Å². The molecule has 1 aromatic carbocycles. The minimum absolute atomic E-state index is 0.241. The third-order valence-corrected chi connectivity index (χ3v) is 6.60. The van der Waals surface area contributed by atoms with Gasteiger partial charge in [-0.2, -0.15) is 0 Å². The monoisotopic (exact) mass is 346 g/mol. The number of carbonyl (C=O) groups is 1. The van der Waals surface area contributed by atoms with E-state index in [1.165, 1.54) is 0 Å². The summed E-state index contributed by atoms with van der Waals surface area (Å²) >= 11 is 0.881. The van der Waals surface area contributed by atoms with Crippen molar-refractivity contribution >= 4 is 24.1 Å². The zero-order valence-corrected chi connectivity index (χ0v) is 15.1. The molecule has 0 N–H and O–H groups in total. The highest BCUT2D eigenvalue weighted by Gasteiger charge is 2.35. The molecule has 0 spiro atoms. The zero-order valence-electron chi connectivity index (χ0n) is 13.4. The Morgan fingerprint density at radius 2 is 1.68 bits per heavy atom. The van der Waals surface area contributed by atoms with Gasteiger partial charge in [0.25, 0.3) is 0 Å². The number of ether oxygens (including phenoxy) is 1. The molecule has 22 heavy (non-hydrogen) atoms. The molecule has 1 unspecified atom stereocenters. The van der Waals surface area contributed by atoms with Gasteiger partial charge in [-0.05, 0) is 44.6 Å². The van der Waals surface area contributed by atoms with E-state index in [-0.39, 0.29) is 19.3 Å². The summed E-state index contributed by atoms with van der Waals surface area (Å²) in [4.78, 5) is 12.4. The fraction of sp³-hybridized carbons (Fsp3) is 0.533. The fourth-order valence-corrected chi connectivity index (χ4v) is 5.61. The number of esters is 1. The van der Waals surface area contributed by atoms with Crippen molar-refractivity contribution < 1.29 is 23.1 Å². The molecule has 0 heterocycles. The fourth-order valence-electron chi connectivity index (χ4n) is 1.71. The topological polar surface area (TPSA) is 61.8 Å². The normalized spacial score (nSPS) is 13.1. The van der Waals surface area contributed by atoms with E-state index in [0.717, 1.165) is 11.4 Å². The van der Waals surface area contributed by atoms with E-state index in [0.29, 0.717) is 5.56 Å². The lowest BCUT2D eigenvalue weighted by atomic mass is 10.1. The van der Waals surface area contributed by atoms with Crippen molar-refractivity contribution in [2.75, 3.05) is 13.2 Å². The number of hydrogen-bond acceptors (Lipinski definition) is 6. The number of rotatable bonds is 9. The van der Waals surface area contributed by atoms with Gasteiger partial charge in [-0.1, -0.05) is 30.3 Å². The van der Waals surface area contributed by atoms with Gasteiger partial charge in [0, 0.05) is 0 Å². The summed E-state index contributed by atoms with van der Waals surface area (Å²) in [5.41, 5.74) is 0.706. The van der Waals surface area contributed by atoms with Crippen molar-refractivity contribution in [2.24, 2.45) is 0 Å². The van der Waals surface area contributed by atoms with Crippen LogP contribution in [0.4, 0.5) is 0 Å². The zero-order chi connectivity index (χ0) is 16.6. The van der Waals surface area contributed by atoms with Crippen molar-refractivity contribution in [1.29, 1.82) is 0 Å². The van der Waals surface area contributed by atoms with Gasteiger partial charge in [0.15, 0.2) is 0 Å². The average Bonchev–Trinajstić information content (AvgIpc) is 2.45. The van der Waals surface area contributed by atoms with Crippen LogP contribution in [0.25, 0.3) is 0 Å². The van der Waals surface area contributed by atoms with Crippen LogP contribution in [0, 0.1) is 0 Å². The van der Waals surface area contributed by atoms with Crippen LogP contribution < -0.4 is 0 Å². The van der Waals surface area contributed by atoms with Crippen LogP contribution in [-0.2, 0) is 23.1 Å².